The van der Waals surface area contributed by atoms with Crippen molar-refractivity contribution >= 4 is 41.9 Å². The molecule has 6 aromatic rings. The molecule has 0 saturated carbocycles. The smallest absolute Gasteiger partial charge is 0.404 e. The van der Waals surface area contributed by atoms with Gasteiger partial charge in [0.25, 0.3) is 11.8 Å². The van der Waals surface area contributed by atoms with E-state index in [1.54, 1.807) is 17.0 Å². The summed E-state index contributed by atoms with van der Waals surface area (Å²) >= 11 is 0. The number of carbonyl (C=O) groups is 2. The Morgan fingerprint density at radius 1 is 0.845 bits per heavy atom. The molecule has 1 fully saturated rings. The maximum atomic E-state index is 15.2. The molecule has 1 atom stereocenters. The zero-order valence-corrected chi connectivity index (χ0v) is 33.3. The molecule has 3 aliphatic heterocycles. The Labute approximate surface area is 337 Å². The fourth-order valence-electron chi connectivity index (χ4n) is 8.91. The topological polar surface area (TPSA) is 130 Å². The van der Waals surface area contributed by atoms with Gasteiger partial charge in [0.05, 0.1) is 18.8 Å². The van der Waals surface area contributed by atoms with Crippen LogP contribution in [-0.2, 0) is 42.3 Å². The van der Waals surface area contributed by atoms with Gasteiger partial charge in [-0.05, 0) is 97.5 Å². The molecular weight excluding hydrogens is 753 g/mol. The van der Waals surface area contributed by atoms with E-state index in [0.29, 0.717) is 55.2 Å². The maximum Gasteiger partial charge on any atom is 0.524 e. The largest absolute Gasteiger partial charge is 0.524 e. The summed E-state index contributed by atoms with van der Waals surface area (Å²) in [7, 11) is -2.81. The highest BCUT2D eigenvalue weighted by Crippen LogP contribution is 2.41. The molecule has 2 N–H and O–H groups in total. The summed E-state index contributed by atoms with van der Waals surface area (Å²) in [5.41, 5.74) is 8.26. The number of carbonyl (C=O) groups excluding carboxylic acids is 2. The predicted molar refractivity (Wildman–Crippen MR) is 222 cm³/mol. The molecule has 0 bridgehead atoms. The number of aryl methyl sites for hydroxylation is 1. The van der Waals surface area contributed by atoms with E-state index >= 15 is 9.59 Å². The molecule has 3 aliphatic rings. The van der Waals surface area contributed by atoms with Crippen LogP contribution in [0.2, 0.25) is 0 Å². The number of phosphoric acid groups is 1. The van der Waals surface area contributed by atoms with E-state index in [4.69, 9.17) is 9.26 Å². The van der Waals surface area contributed by atoms with Crippen LogP contribution >= 0.6 is 7.82 Å². The number of rotatable bonds is 9. The quantitative estimate of drug-likeness (QED) is 0.146. The minimum Gasteiger partial charge on any atom is -0.404 e. The van der Waals surface area contributed by atoms with Gasteiger partial charge in [-0.3, -0.25) is 29.2 Å². The summed E-state index contributed by atoms with van der Waals surface area (Å²) < 4.78 is 26.3. The average Bonchev–Trinajstić information content (AvgIpc) is 3.81. The summed E-state index contributed by atoms with van der Waals surface area (Å²) in [4.78, 5) is 55.1. The molecule has 5 heterocycles. The Balaban J connectivity index is 1.11. The number of morpholine rings is 1. The number of benzene rings is 4. The molecule has 9 rings (SSSR count). The van der Waals surface area contributed by atoms with Crippen molar-refractivity contribution in [1.82, 2.24) is 18.9 Å². The maximum absolute atomic E-state index is 15.2. The highest BCUT2D eigenvalue weighted by atomic mass is 31.2. The van der Waals surface area contributed by atoms with Gasteiger partial charge in [0.1, 0.15) is 5.75 Å². The number of hydrogen-bond donors (Lipinski definition) is 2. The summed E-state index contributed by atoms with van der Waals surface area (Å²) in [6.45, 7) is 5.05. The number of phosphoric ester groups is 1. The Bertz CT molecular complexity index is 2550. The number of amides is 2. The minimum atomic E-state index is -4.78. The van der Waals surface area contributed by atoms with Crippen LogP contribution < -0.4 is 9.42 Å². The van der Waals surface area contributed by atoms with Gasteiger partial charge in [0.2, 0.25) is 0 Å². The number of nitrogens with zero attached hydrogens (tertiary/aromatic N) is 5. The second-order valence-electron chi connectivity index (χ2n) is 15.4. The van der Waals surface area contributed by atoms with Crippen molar-refractivity contribution in [3.05, 3.63) is 137 Å². The second kappa shape index (κ2) is 15.7. The number of ether oxygens (including phenoxy) is 1. The van der Waals surface area contributed by atoms with Crippen molar-refractivity contribution in [2.24, 2.45) is 7.05 Å². The number of anilines is 2. The number of aromatic nitrogens is 2. The van der Waals surface area contributed by atoms with Crippen LogP contribution in [-0.4, -0.2) is 79.4 Å². The van der Waals surface area contributed by atoms with Crippen molar-refractivity contribution in [2.75, 3.05) is 37.7 Å². The molecule has 2 aromatic heterocycles. The predicted octanol–water partition coefficient (Wildman–Crippen LogP) is 7.33. The van der Waals surface area contributed by atoms with Crippen LogP contribution in [0, 0.1) is 0 Å². The van der Waals surface area contributed by atoms with Gasteiger partial charge in [-0.25, -0.2) is 4.57 Å². The second-order valence-corrected chi connectivity index (χ2v) is 16.6. The van der Waals surface area contributed by atoms with Crippen LogP contribution in [0.25, 0.3) is 22.2 Å². The lowest BCUT2D eigenvalue weighted by Gasteiger charge is -2.40. The third-order valence-electron chi connectivity index (χ3n) is 11.8. The van der Waals surface area contributed by atoms with Crippen molar-refractivity contribution in [1.29, 1.82) is 0 Å². The fraction of sp³-hybridized carbons (Fsp3) is 0.289. The zero-order valence-electron chi connectivity index (χ0n) is 32.4. The first-order valence-electron chi connectivity index (χ1n) is 19.9. The van der Waals surface area contributed by atoms with Gasteiger partial charge in [-0.15, -0.1) is 0 Å². The van der Waals surface area contributed by atoms with Crippen LogP contribution in [0.4, 0.5) is 11.4 Å². The Morgan fingerprint density at radius 3 is 2.38 bits per heavy atom. The van der Waals surface area contributed by atoms with E-state index in [2.05, 4.69) is 27.7 Å². The molecule has 4 aromatic carbocycles. The zero-order chi connectivity index (χ0) is 40.0. The molecule has 298 valence electrons. The molecule has 2 amide bonds. The molecule has 0 aliphatic carbocycles. The Kier molecular flexibility index (Phi) is 10.3. The van der Waals surface area contributed by atoms with E-state index < -0.39 is 7.82 Å². The first kappa shape index (κ1) is 38.1. The van der Waals surface area contributed by atoms with Gasteiger partial charge in [-0.2, -0.15) is 0 Å². The normalized spacial score (nSPS) is 17.2. The van der Waals surface area contributed by atoms with Gasteiger partial charge >= 0.3 is 7.82 Å². The SMILES string of the molecule is Cn1ccc2cc(N(C(=O)c3cc(-c4ccccc4C(=O)N4Cc5ccccc5C[C@H]4CN4CCOCC4)n4c3CCCC4)c3ccc(OP(=O)(O)O)cc3)ccc21. The van der Waals surface area contributed by atoms with Gasteiger partial charge < -0.3 is 23.3 Å². The third-order valence-corrected chi connectivity index (χ3v) is 12.2. The van der Waals surface area contributed by atoms with Crippen LogP contribution in [0.5, 0.6) is 5.75 Å². The summed E-state index contributed by atoms with van der Waals surface area (Å²) in [5, 5.41) is 0.957. The van der Waals surface area contributed by atoms with Crippen molar-refractivity contribution in [2.45, 2.75) is 44.8 Å². The monoisotopic (exact) mass is 799 g/mol. The summed E-state index contributed by atoms with van der Waals surface area (Å²) in [6, 6.07) is 32.1. The lowest BCUT2D eigenvalue weighted by atomic mass is 9.92. The van der Waals surface area contributed by atoms with E-state index in [1.807, 2.05) is 83.4 Å². The summed E-state index contributed by atoms with van der Waals surface area (Å²) in [5.74, 6) is -0.298. The molecule has 0 spiro atoms. The highest BCUT2D eigenvalue weighted by Gasteiger charge is 2.35. The molecule has 0 unspecified atom stereocenters. The molecule has 13 heteroatoms. The number of hydrogen-bond acceptors (Lipinski definition) is 6. The first-order valence-corrected chi connectivity index (χ1v) is 21.4. The van der Waals surface area contributed by atoms with Crippen LogP contribution in [0.3, 0.4) is 0 Å². The summed E-state index contributed by atoms with van der Waals surface area (Å²) in [6.07, 6.45) is 5.31. The Morgan fingerprint density at radius 2 is 1.59 bits per heavy atom. The molecule has 0 radical (unpaired) electrons. The van der Waals surface area contributed by atoms with Gasteiger partial charge in [-0.1, -0.05) is 42.5 Å². The lowest BCUT2D eigenvalue weighted by molar-refractivity contribution is 0.0193. The van der Waals surface area contributed by atoms with Crippen molar-refractivity contribution < 1.29 is 33.2 Å². The van der Waals surface area contributed by atoms with Crippen molar-refractivity contribution in [3.63, 3.8) is 0 Å². The lowest BCUT2D eigenvalue weighted by Crippen LogP contribution is -2.52. The molecule has 12 nitrogen and oxygen atoms in total. The van der Waals surface area contributed by atoms with Crippen LogP contribution in [0.1, 0.15) is 50.4 Å². The van der Waals surface area contributed by atoms with Crippen molar-refractivity contribution in [3.8, 4) is 17.0 Å². The fourth-order valence-corrected chi connectivity index (χ4v) is 9.30. The third kappa shape index (κ3) is 7.50. The highest BCUT2D eigenvalue weighted by molar-refractivity contribution is 7.46. The van der Waals surface area contributed by atoms with Crippen LogP contribution in [0.15, 0.2) is 109 Å². The van der Waals surface area contributed by atoms with Gasteiger partial charge in [0.15, 0.2) is 0 Å². The van der Waals surface area contributed by atoms with E-state index in [9.17, 15) is 14.4 Å². The minimum absolute atomic E-state index is 0.0130. The standard InChI is InChI=1S/C45H46N5O7P/c1-46-21-19-32-27-35(15-18-41(32)46)50(34-13-16-37(17-14-34)57-58(53,54)55)45(52)40-28-43(48-20-7-6-12-42(40)48)38-10-4-5-11-39(38)44(51)49-29-33-9-3-2-8-31(33)26-36(49)30-47-22-24-56-25-23-47/h2-5,8-11,13-19,21,27-28,36H,6-7,12,20,22-26,29-30H2,1H3,(H2,53,54,55)/t36-/m0/s1. The molecule has 58 heavy (non-hydrogen) atoms. The van der Waals surface area contributed by atoms with E-state index in [-0.39, 0.29) is 23.6 Å². The number of fused-ring (bicyclic) bond motifs is 3. The van der Waals surface area contributed by atoms with E-state index in [1.165, 1.54) is 17.7 Å². The first-order chi connectivity index (χ1) is 28.1. The van der Waals surface area contributed by atoms with Gasteiger partial charge in [0, 0.05) is 96.8 Å². The van der Waals surface area contributed by atoms with E-state index in [0.717, 1.165) is 72.3 Å². The Hall–Kier alpha value is -5.49. The molecular formula is C45H46N5O7P. The average molecular weight is 800 g/mol. The molecule has 1 saturated heterocycles.